The summed E-state index contributed by atoms with van der Waals surface area (Å²) in [5.41, 5.74) is 2.40. The van der Waals surface area contributed by atoms with Gasteiger partial charge in [0.15, 0.2) is 11.5 Å². The number of hydrogen-bond donors (Lipinski definition) is 2. The Labute approximate surface area is 208 Å². The molecule has 1 aliphatic rings. The van der Waals surface area contributed by atoms with Crippen molar-refractivity contribution in [2.24, 2.45) is 0 Å². The number of ether oxygens (including phenoxy) is 3. The van der Waals surface area contributed by atoms with E-state index in [-0.39, 0.29) is 18.2 Å². The molecular weight excluding hydrogens is 464 g/mol. The van der Waals surface area contributed by atoms with E-state index in [1.54, 1.807) is 56.8 Å². The summed E-state index contributed by atoms with van der Waals surface area (Å²) in [6.07, 6.45) is 3.28. The summed E-state index contributed by atoms with van der Waals surface area (Å²) in [6.45, 7) is 2.39. The van der Waals surface area contributed by atoms with E-state index in [0.717, 1.165) is 18.4 Å². The lowest BCUT2D eigenvalue weighted by molar-refractivity contribution is -0.123. The summed E-state index contributed by atoms with van der Waals surface area (Å²) in [5, 5.41) is 9.95. The van der Waals surface area contributed by atoms with Crippen LogP contribution >= 0.6 is 0 Å². The van der Waals surface area contributed by atoms with Gasteiger partial charge < -0.3 is 24.8 Å². The van der Waals surface area contributed by atoms with Gasteiger partial charge in [0.25, 0.3) is 5.91 Å². The lowest BCUT2D eigenvalue weighted by atomic mass is 10.1. The first-order valence-corrected chi connectivity index (χ1v) is 11.6. The Hall–Kier alpha value is -4.34. The largest absolute Gasteiger partial charge is 0.493 e. The molecule has 36 heavy (non-hydrogen) atoms. The van der Waals surface area contributed by atoms with Gasteiger partial charge in [-0.25, -0.2) is 9.48 Å². The van der Waals surface area contributed by atoms with Crippen LogP contribution in [0.3, 0.4) is 0 Å². The maximum atomic E-state index is 12.7. The minimum atomic E-state index is -0.790. The third kappa shape index (κ3) is 5.17. The normalized spacial score (nSPS) is 14.1. The first kappa shape index (κ1) is 24.8. The number of carbonyl (C=O) groups excluding carboxylic acids is 3. The van der Waals surface area contributed by atoms with Crippen molar-refractivity contribution in [2.45, 2.75) is 32.2 Å². The molecule has 0 aliphatic carbocycles. The zero-order valence-corrected chi connectivity index (χ0v) is 20.4. The van der Waals surface area contributed by atoms with Gasteiger partial charge in [-0.3, -0.25) is 9.59 Å². The molecule has 1 aliphatic heterocycles. The Morgan fingerprint density at radius 1 is 1.08 bits per heavy atom. The van der Waals surface area contributed by atoms with Crippen molar-refractivity contribution in [3.05, 3.63) is 54.2 Å². The maximum Gasteiger partial charge on any atom is 0.338 e. The summed E-state index contributed by atoms with van der Waals surface area (Å²) in [6, 6.07) is 11.0. The molecule has 2 aromatic carbocycles. The number of unbranched alkanes of at least 4 members (excludes halogenated alkanes) is 1. The Kier molecular flexibility index (Phi) is 7.53. The molecule has 0 fully saturated rings. The van der Waals surface area contributed by atoms with E-state index in [4.69, 9.17) is 14.2 Å². The Morgan fingerprint density at radius 2 is 1.83 bits per heavy atom. The van der Waals surface area contributed by atoms with Crippen LogP contribution in [-0.4, -0.2) is 48.4 Å². The predicted octanol–water partition coefficient (Wildman–Crippen LogP) is 4.05. The number of anilines is 2. The molecule has 2 heterocycles. The molecule has 3 aromatic rings. The van der Waals surface area contributed by atoms with E-state index in [0.29, 0.717) is 40.7 Å². The highest BCUT2D eigenvalue weighted by Crippen LogP contribution is 2.39. The van der Waals surface area contributed by atoms with Gasteiger partial charge in [0.2, 0.25) is 5.91 Å². The fourth-order valence-corrected chi connectivity index (χ4v) is 3.90. The standard InChI is InChI=1S/C26H28N4O6/c1-4-5-12-36-26(33)16-6-9-18(10-7-16)28-23(31)14-20-25(32)29-24-19(15-27-30(20)24)17-8-11-21(34-2)22(13-17)35-3/h6-11,13,15,20H,4-5,12,14H2,1-3H3,(H,28,31)(H,29,32). The summed E-state index contributed by atoms with van der Waals surface area (Å²) < 4.78 is 17.4. The average molecular weight is 493 g/mol. The highest BCUT2D eigenvalue weighted by molar-refractivity contribution is 6.04. The number of esters is 1. The molecule has 10 heteroatoms. The fraction of sp³-hybridized carbons (Fsp3) is 0.308. The van der Waals surface area contributed by atoms with Gasteiger partial charge in [0, 0.05) is 11.3 Å². The predicted molar refractivity (Wildman–Crippen MR) is 133 cm³/mol. The van der Waals surface area contributed by atoms with Crippen LogP contribution in [0, 0.1) is 0 Å². The van der Waals surface area contributed by atoms with Crippen LogP contribution in [-0.2, 0) is 14.3 Å². The van der Waals surface area contributed by atoms with Gasteiger partial charge in [-0.15, -0.1) is 0 Å². The topological polar surface area (TPSA) is 121 Å². The third-order valence-corrected chi connectivity index (χ3v) is 5.84. The van der Waals surface area contributed by atoms with E-state index in [1.165, 1.54) is 4.68 Å². The number of hydrogen-bond acceptors (Lipinski definition) is 7. The van der Waals surface area contributed by atoms with Crippen LogP contribution in [0.25, 0.3) is 11.1 Å². The van der Waals surface area contributed by atoms with Gasteiger partial charge in [-0.1, -0.05) is 19.4 Å². The molecule has 1 unspecified atom stereocenters. The van der Waals surface area contributed by atoms with Gasteiger partial charge in [-0.2, -0.15) is 5.10 Å². The molecule has 188 valence electrons. The Morgan fingerprint density at radius 3 is 2.53 bits per heavy atom. The summed E-state index contributed by atoms with van der Waals surface area (Å²) in [5.74, 6) is 0.571. The molecule has 0 saturated carbocycles. The highest BCUT2D eigenvalue weighted by atomic mass is 16.5. The van der Waals surface area contributed by atoms with E-state index in [2.05, 4.69) is 15.7 Å². The Bertz CT molecular complexity index is 1270. The lowest BCUT2D eigenvalue weighted by Crippen LogP contribution is -2.23. The number of rotatable bonds is 10. The molecule has 2 N–H and O–H groups in total. The van der Waals surface area contributed by atoms with Crippen molar-refractivity contribution in [3.8, 4) is 22.6 Å². The molecule has 4 rings (SSSR count). The van der Waals surface area contributed by atoms with Gasteiger partial charge in [0.1, 0.15) is 11.9 Å². The van der Waals surface area contributed by atoms with Crippen molar-refractivity contribution in [3.63, 3.8) is 0 Å². The molecule has 0 bridgehead atoms. The van der Waals surface area contributed by atoms with Crippen LogP contribution in [0.5, 0.6) is 11.5 Å². The highest BCUT2D eigenvalue weighted by Gasteiger charge is 2.35. The van der Waals surface area contributed by atoms with E-state index in [9.17, 15) is 14.4 Å². The van der Waals surface area contributed by atoms with Gasteiger partial charge >= 0.3 is 5.97 Å². The molecule has 0 spiro atoms. The second-order valence-corrected chi connectivity index (χ2v) is 8.25. The van der Waals surface area contributed by atoms with Crippen molar-refractivity contribution >= 4 is 29.3 Å². The van der Waals surface area contributed by atoms with Crippen LogP contribution in [0.2, 0.25) is 0 Å². The van der Waals surface area contributed by atoms with Crippen molar-refractivity contribution in [1.29, 1.82) is 0 Å². The molecule has 10 nitrogen and oxygen atoms in total. The minimum Gasteiger partial charge on any atom is -0.493 e. The first-order chi connectivity index (χ1) is 17.4. The van der Waals surface area contributed by atoms with E-state index < -0.39 is 12.0 Å². The van der Waals surface area contributed by atoms with Gasteiger partial charge in [-0.05, 0) is 48.4 Å². The second-order valence-electron chi connectivity index (χ2n) is 8.25. The SMILES string of the molecule is CCCCOC(=O)c1ccc(NC(=O)CC2C(=O)Nc3c(-c4ccc(OC)c(OC)c4)cnn32)cc1. The van der Waals surface area contributed by atoms with Crippen LogP contribution in [0.4, 0.5) is 11.5 Å². The average Bonchev–Trinajstić information content (AvgIpc) is 3.43. The zero-order chi connectivity index (χ0) is 25.7. The second kappa shape index (κ2) is 10.9. The minimum absolute atomic E-state index is 0.104. The fourth-order valence-electron chi connectivity index (χ4n) is 3.90. The monoisotopic (exact) mass is 492 g/mol. The van der Waals surface area contributed by atoms with Gasteiger partial charge in [0.05, 0.1) is 39.0 Å². The quantitative estimate of drug-likeness (QED) is 0.324. The number of methoxy groups -OCH3 is 2. The Balaban J connectivity index is 1.42. The molecule has 0 radical (unpaired) electrons. The number of benzene rings is 2. The first-order valence-electron chi connectivity index (χ1n) is 11.6. The molecule has 1 aromatic heterocycles. The molecule has 0 saturated heterocycles. The number of nitrogens with one attached hydrogen (secondary N) is 2. The van der Waals surface area contributed by atoms with E-state index in [1.807, 2.05) is 13.0 Å². The van der Waals surface area contributed by atoms with Crippen molar-refractivity contribution in [1.82, 2.24) is 9.78 Å². The lowest BCUT2D eigenvalue weighted by Gasteiger charge is -2.10. The van der Waals surface area contributed by atoms with Crippen LogP contribution < -0.4 is 20.1 Å². The molecular formula is C26H28N4O6. The third-order valence-electron chi connectivity index (χ3n) is 5.84. The van der Waals surface area contributed by atoms with Crippen molar-refractivity contribution in [2.75, 3.05) is 31.5 Å². The van der Waals surface area contributed by atoms with E-state index >= 15 is 0 Å². The van der Waals surface area contributed by atoms with Crippen molar-refractivity contribution < 1.29 is 28.6 Å². The molecule has 2 amide bonds. The maximum absolute atomic E-state index is 12.7. The van der Waals surface area contributed by atoms with Crippen LogP contribution in [0.15, 0.2) is 48.7 Å². The summed E-state index contributed by atoms with van der Waals surface area (Å²) in [7, 11) is 3.11. The number of nitrogens with zero attached hydrogens (tertiary/aromatic N) is 2. The summed E-state index contributed by atoms with van der Waals surface area (Å²) >= 11 is 0. The zero-order valence-electron chi connectivity index (χ0n) is 20.4. The number of amides is 2. The van der Waals surface area contributed by atoms with Crippen LogP contribution in [0.1, 0.15) is 42.6 Å². The smallest absolute Gasteiger partial charge is 0.338 e. The summed E-state index contributed by atoms with van der Waals surface area (Å²) in [4.78, 5) is 37.4. The molecule has 1 atom stereocenters. The number of carbonyl (C=O) groups is 3. The number of fused-ring (bicyclic) bond motifs is 1. The number of aromatic nitrogens is 2.